The highest BCUT2D eigenvalue weighted by Crippen LogP contribution is 2.31. The lowest BCUT2D eigenvalue weighted by molar-refractivity contribution is 0.0995. The average Bonchev–Trinajstić information content (AvgIpc) is 3.11. The molecule has 1 aromatic carbocycles. The lowest BCUT2D eigenvalue weighted by Gasteiger charge is -2.22. The number of benzene rings is 1. The number of rotatable bonds is 4. The largest absolute Gasteiger partial charge is 0.370 e. The monoisotopic (exact) mass is 378 g/mol. The van der Waals surface area contributed by atoms with Crippen molar-refractivity contribution >= 4 is 46.4 Å². The molecule has 3 rings (SSSR count). The molecular weight excluding hydrogens is 363 g/mol. The van der Waals surface area contributed by atoms with E-state index in [1.165, 1.54) is 12.1 Å². The number of anilines is 2. The predicted octanol–water partition coefficient (Wildman–Crippen LogP) is 3.34. The third-order valence-corrected chi connectivity index (χ3v) is 4.52. The molecule has 2 aromatic rings. The second-order valence-corrected chi connectivity index (χ2v) is 6.50. The highest BCUT2D eigenvalue weighted by atomic mass is 35.5. The Bertz CT molecular complexity index is 835. The number of pyridine rings is 1. The Labute approximate surface area is 154 Å². The molecule has 1 saturated heterocycles. The van der Waals surface area contributed by atoms with Gasteiger partial charge in [-0.15, -0.1) is 0 Å². The van der Waals surface area contributed by atoms with Crippen LogP contribution in [0.2, 0.25) is 10.2 Å². The van der Waals surface area contributed by atoms with Gasteiger partial charge in [0.15, 0.2) is 0 Å². The fourth-order valence-corrected chi connectivity index (χ4v) is 3.12. The Hall–Kier alpha value is -2.31. The molecule has 8 heteroatoms. The third-order valence-electron chi connectivity index (χ3n) is 4.00. The van der Waals surface area contributed by atoms with Crippen molar-refractivity contribution in [1.82, 2.24) is 4.98 Å². The minimum Gasteiger partial charge on any atom is -0.370 e. The fourth-order valence-electron chi connectivity index (χ4n) is 2.78. The molecule has 1 aliphatic heterocycles. The van der Waals surface area contributed by atoms with E-state index in [4.69, 9.17) is 28.9 Å². The zero-order chi connectivity index (χ0) is 18.0. The maximum Gasteiger partial charge on any atom is 0.275 e. The van der Waals surface area contributed by atoms with E-state index in [9.17, 15) is 9.59 Å². The average molecular weight is 379 g/mol. The molecule has 1 aromatic heterocycles. The van der Waals surface area contributed by atoms with E-state index in [2.05, 4.69) is 15.2 Å². The summed E-state index contributed by atoms with van der Waals surface area (Å²) in [6, 6.07) is 8.01. The lowest BCUT2D eigenvalue weighted by Crippen LogP contribution is -2.22. The summed E-state index contributed by atoms with van der Waals surface area (Å²) in [7, 11) is 0. The summed E-state index contributed by atoms with van der Waals surface area (Å²) < 4.78 is 0. The van der Waals surface area contributed by atoms with Gasteiger partial charge >= 0.3 is 0 Å². The molecule has 0 saturated carbocycles. The van der Waals surface area contributed by atoms with Crippen LogP contribution in [-0.2, 0) is 0 Å². The summed E-state index contributed by atoms with van der Waals surface area (Å²) in [4.78, 5) is 30.2. The van der Waals surface area contributed by atoms with Gasteiger partial charge in [0.1, 0.15) is 10.8 Å². The summed E-state index contributed by atoms with van der Waals surface area (Å²) >= 11 is 11.9. The number of amides is 2. The quantitative estimate of drug-likeness (QED) is 0.798. The summed E-state index contributed by atoms with van der Waals surface area (Å²) in [5.74, 6) is -1.07. The smallest absolute Gasteiger partial charge is 0.275 e. The molecule has 2 heterocycles. The van der Waals surface area contributed by atoms with E-state index in [1.807, 2.05) is 0 Å². The van der Waals surface area contributed by atoms with Crippen molar-refractivity contribution < 1.29 is 9.59 Å². The van der Waals surface area contributed by atoms with Crippen molar-refractivity contribution in [2.45, 2.75) is 12.8 Å². The van der Waals surface area contributed by atoms with Gasteiger partial charge in [0.25, 0.3) is 5.91 Å². The molecule has 0 spiro atoms. The van der Waals surface area contributed by atoms with Crippen LogP contribution in [-0.4, -0.2) is 29.9 Å². The second-order valence-electron chi connectivity index (χ2n) is 5.71. The normalized spacial score (nSPS) is 13.8. The van der Waals surface area contributed by atoms with Gasteiger partial charge in [-0.2, -0.15) is 0 Å². The number of carbonyl (C=O) groups excluding carboxylic acids is 2. The number of hydrogen-bond acceptors (Lipinski definition) is 4. The number of aromatic nitrogens is 1. The van der Waals surface area contributed by atoms with Crippen molar-refractivity contribution in [1.29, 1.82) is 0 Å². The first-order valence-corrected chi connectivity index (χ1v) is 8.53. The van der Waals surface area contributed by atoms with Gasteiger partial charge in [-0.3, -0.25) is 9.59 Å². The van der Waals surface area contributed by atoms with E-state index in [0.29, 0.717) is 11.3 Å². The van der Waals surface area contributed by atoms with Gasteiger partial charge in [-0.1, -0.05) is 23.2 Å². The van der Waals surface area contributed by atoms with Crippen LogP contribution < -0.4 is 16.0 Å². The molecule has 0 unspecified atom stereocenters. The highest BCUT2D eigenvalue weighted by molar-refractivity contribution is 6.35. The van der Waals surface area contributed by atoms with Gasteiger partial charge in [0.05, 0.1) is 16.4 Å². The summed E-state index contributed by atoms with van der Waals surface area (Å²) in [5, 5.41) is 3.13. The fraction of sp³-hybridized carbons (Fsp3) is 0.235. The van der Waals surface area contributed by atoms with Gasteiger partial charge < -0.3 is 16.0 Å². The molecule has 6 nitrogen and oxygen atoms in total. The first-order valence-electron chi connectivity index (χ1n) is 7.78. The van der Waals surface area contributed by atoms with Crippen LogP contribution in [0.3, 0.4) is 0 Å². The third kappa shape index (κ3) is 3.86. The Morgan fingerprint density at radius 3 is 2.52 bits per heavy atom. The Morgan fingerprint density at radius 1 is 1.12 bits per heavy atom. The molecule has 25 heavy (non-hydrogen) atoms. The predicted molar refractivity (Wildman–Crippen MR) is 98.6 cm³/mol. The molecule has 3 N–H and O–H groups in total. The van der Waals surface area contributed by atoms with Crippen LogP contribution in [0.5, 0.6) is 0 Å². The van der Waals surface area contributed by atoms with Crippen molar-refractivity contribution in [3.05, 3.63) is 51.8 Å². The Morgan fingerprint density at radius 2 is 1.84 bits per heavy atom. The Kier molecular flexibility index (Phi) is 5.11. The first kappa shape index (κ1) is 17.5. The number of primary amides is 1. The van der Waals surface area contributed by atoms with E-state index < -0.39 is 11.8 Å². The maximum atomic E-state index is 12.6. The first-order chi connectivity index (χ1) is 12.0. The molecule has 0 atom stereocenters. The van der Waals surface area contributed by atoms with E-state index in [-0.39, 0.29) is 15.9 Å². The zero-order valence-electron chi connectivity index (χ0n) is 13.3. The van der Waals surface area contributed by atoms with Gasteiger partial charge in [0, 0.05) is 18.7 Å². The van der Waals surface area contributed by atoms with Crippen LogP contribution in [0.1, 0.15) is 33.7 Å². The van der Waals surface area contributed by atoms with Crippen LogP contribution in [0.25, 0.3) is 0 Å². The number of nitrogens with zero attached hydrogens (tertiary/aromatic N) is 2. The van der Waals surface area contributed by atoms with Crippen LogP contribution in [0.4, 0.5) is 11.4 Å². The summed E-state index contributed by atoms with van der Waals surface area (Å²) in [6.45, 7) is 1.77. The van der Waals surface area contributed by atoms with Gasteiger partial charge in [0.2, 0.25) is 5.91 Å². The number of carbonyl (C=O) groups is 2. The van der Waals surface area contributed by atoms with Gasteiger partial charge in [-0.05, 0) is 43.2 Å². The van der Waals surface area contributed by atoms with Crippen molar-refractivity contribution in [3.8, 4) is 0 Å². The molecule has 130 valence electrons. The number of hydrogen-bond donors (Lipinski definition) is 2. The van der Waals surface area contributed by atoms with Crippen LogP contribution in [0.15, 0.2) is 30.3 Å². The highest BCUT2D eigenvalue weighted by Gasteiger charge is 2.20. The molecule has 2 amide bonds. The lowest BCUT2D eigenvalue weighted by atomic mass is 10.1. The van der Waals surface area contributed by atoms with Crippen molar-refractivity contribution in [3.63, 3.8) is 0 Å². The second kappa shape index (κ2) is 7.29. The topological polar surface area (TPSA) is 88.3 Å². The molecule has 0 radical (unpaired) electrons. The molecule has 1 aliphatic rings. The molecule has 1 fully saturated rings. The number of nitrogens with one attached hydrogen (secondary N) is 1. The summed E-state index contributed by atoms with van der Waals surface area (Å²) in [5.41, 5.74) is 7.00. The maximum absolute atomic E-state index is 12.6. The van der Waals surface area contributed by atoms with Crippen LogP contribution in [0, 0.1) is 0 Å². The van der Waals surface area contributed by atoms with Crippen molar-refractivity contribution in [2.24, 2.45) is 5.73 Å². The number of nitrogens with two attached hydrogens (primary N) is 1. The Balaban J connectivity index is 1.96. The van der Waals surface area contributed by atoms with E-state index in [1.54, 1.807) is 18.2 Å². The van der Waals surface area contributed by atoms with E-state index >= 15 is 0 Å². The zero-order valence-corrected chi connectivity index (χ0v) is 14.8. The summed E-state index contributed by atoms with van der Waals surface area (Å²) in [6.07, 6.45) is 2.15. The number of halogens is 2. The van der Waals surface area contributed by atoms with Crippen LogP contribution >= 0.6 is 23.2 Å². The van der Waals surface area contributed by atoms with E-state index in [0.717, 1.165) is 31.6 Å². The SMILES string of the molecule is NC(=O)c1ccc(N2CCCC2)c(NC(=O)c2nc(Cl)ccc2Cl)c1. The van der Waals surface area contributed by atoms with Crippen molar-refractivity contribution in [2.75, 3.05) is 23.3 Å². The molecular formula is C17H16Cl2N4O2. The minimum atomic E-state index is -0.567. The molecule has 0 bridgehead atoms. The standard InChI is InChI=1S/C17H16Cl2N4O2/c18-11-4-6-14(19)22-15(11)17(25)21-12-9-10(16(20)24)3-5-13(12)23-7-1-2-8-23/h3-6,9H,1-2,7-8H2,(H2,20,24)(H,21,25). The van der Waals surface area contributed by atoms with Gasteiger partial charge in [-0.25, -0.2) is 4.98 Å². The molecule has 0 aliphatic carbocycles. The minimum absolute atomic E-state index is 0.0195.